The Morgan fingerprint density at radius 1 is 1.29 bits per heavy atom. The van der Waals surface area contributed by atoms with E-state index in [-0.39, 0.29) is 0 Å². The lowest BCUT2D eigenvalue weighted by Crippen LogP contribution is -1.97. The first-order valence-corrected chi connectivity index (χ1v) is 6.11. The lowest BCUT2D eigenvalue weighted by molar-refractivity contribution is 1.04. The molecule has 0 radical (unpaired) electrons. The standard InChI is InChI=1S/C11H11N5S/c1-6-5-9(16-15-6)14-11-10-8(3-4-17-10)12-7(2)13-11/h3-5H,1-2H3,(H2,12,13,14,15,16). The normalized spacial score (nSPS) is 10.9. The molecule has 0 unspecified atom stereocenters. The first-order chi connectivity index (χ1) is 8.22. The Labute approximate surface area is 102 Å². The maximum atomic E-state index is 4.42. The van der Waals surface area contributed by atoms with Gasteiger partial charge in [-0.2, -0.15) is 5.10 Å². The monoisotopic (exact) mass is 245 g/mol. The predicted molar refractivity (Wildman–Crippen MR) is 68.8 cm³/mol. The zero-order chi connectivity index (χ0) is 11.8. The molecule has 3 heterocycles. The van der Waals surface area contributed by atoms with Crippen LogP contribution < -0.4 is 5.32 Å². The van der Waals surface area contributed by atoms with Crippen LogP contribution in [0.1, 0.15) is 11.5 Å². The summed E-state index contributed by atoms with van der Waals surface area (Å²) in [4.78, 5) is 8.80. The average Bonchev–Trinajstić information content (AvgIpc) is 2.87. The van der Waals surface area contributed by atoms with Crippen molar-refractivity contribution in [1.82, 2.24) is 20.2 Å². The molecule has 0 fully saturated rings. The summed E-state index contributed by atoms with van der Waals surface area (Å²) in [7, 11) is 0. The molecule has 86 valence electrons. The van der Waals surface area contributed by atoms with Gasteiger partial charge in [-0.15, -0.1) is 11.3 Å². The fraction of sp³-hybridized carbons (Fsp3) is 0.182. The maximum Gasteiger partial charge on any atom is 0.153 e. The van der Waals surface area contributed by atoms with Crippen LogP contribution in [0.15, 0.2) is 17.5 Å². The molecular weight excluding hydrogens is 234 g/mol. The third-order valence-corrected chi connectivity index (χ3v) is 3.28. The van der Waals surface area contributed by atoms with Gasteiger partial charge in [-0.3, -0.25) is 5.10 Å². The van der Waals surface area contributed by atoms with Crippen LogP contribution in [0.5, 0.6) is 0 Å². The lowest BCUT2D eigenvalue weighted by atomic mass is 10.4. The van der Waals surface area contributed by atoms with Gasteiger partial charge in [-0.05, 0) is 25.3 Å². The highest BCUT2D eigenvalue weighted by Gasteiger charge is 2.08. The van der Waals surface area contributed by atoms with Crippen molar-refractivity contribution in [2.45, 2.75) is 13.8 Å². The topological polar surface area (TPSA) is 66.5 Å². The summed E-state index contributed by atoms with van der Waals surface area (Å²) in [6.07, 6.45) is 0. The van der Waals surface area contributed by atoms with E-state index in [0.717, 1.165) is 33.4 Å². The quantitative estimate of drug-likeness (QED) is 0.728. The molecule has 0 atom stereocenters. The van der Waals surface area contributed by atoms with Crippen molar-refractivity contribution >= 4 is 33.2 Å². The number of aromatic nitrogens is 4. The second-order valence-electron chi connectivity index (χ2n) is 3.80. The number of anilines is 2. The Morgan fingerprint density at radius 3 is 2.94 bits per heavy atom. The van der Waals surface area contributed by atoms with E-state index in [9.17, 15) is 0 Å². The number of fused-ring (bicyclic) bond motifs is 1. The van der Waals surface area contributed by atoms with Crippen molar-refractivity contribution in [3.63, 3.8) is 0 Å². The molecule has 6 heteroatoms. The van der Waals surface area contributed by atoms with E-state index in [1.165, 1.54) is 0 Å². The summed E-state index contributed by atoms with van der Waals surface area (Å²) in [5.41, 5.74) is 1.92. The van der Waals surface area contributed by atoms with E-state index in [1.54, 1.807) is 11.3 Å². The Morgan fingerprint density at radius 2 is 2.18 bits per heavy atom. The number of aromatic amines is 1. The summed E-state index contributed by atoms with van der Waals surface area (Å²) in [5.74, 6) is 2.43. The molecule has 0 saturated carbocycles. The average molecular weight is 245 g/mol. The number of hydrogen-bond donors (Lipinski definition) is 2. The van der Waals surface area contributed by atoms with Gasteiger partial charge in [-0.25, -0.2) is 9.97 Å². The molecule has 5 nitrogen and oxygen atoms in total. The van der Waals surface area contributed by atoms with Crippen molar-refractivity contribution in [2.24, 2.45) is 0 Å². The van der Waals surface area contributed by atoms with Crippen molar-refractivity contribution in [3.05, 3.63) is 29.0 Å². The van der Waals surface area contributed by atoms with E-state index in [4.69, 9.17) is 0 Å². The minimum absolute atomic E-state index is 0.759. The van der Waals surface area contributed by atoms with Crippen molar-refractivity contribution in [1.29, 1.82) is 0 Å². The Hall–Kier alpha value is -1.95. The molecule has 2 N–H and O–H groups in total. The summed E-state index contributed by atoms with van der Waals surface area (Å²) >= 11 is 1.63. The van der Waals surface area contributed by atoms with Crippen LogP contribution in [0, 0.1) is 13.8 Å². The fourth-order valence-corrected chi connectivity index (χ4v) is 2.45. The van der Waals surface area contributed by atoms with E-state index >= 15 is 0 Å². The van der Waals surface area contributed by atoms with E-state index in [2.05, 4.69) is 25.5 Å². The molecule has 0 aliphatic rings. The van der Waals surface area contributed by atoms with Crippen LogP contribution >= 0.6 is 11.3 Å². The number of hydrogen-bond acceptors (Lipinski definition) is 5. The van der Waals surface area contributed by atoms with Gasteiger partial charge in [0.05, 0.1) is 15.9 Å². The summed E-state index contributed by atoms with van der Waals surface area (Å²) in [5, 5.41) is 12.2. The second-order valence-corrected chi connectivity index (χ2v) is 4.72. The molecular formula is C11H11N5S. The van der Waals surface area contributed by atoms with Gasteiger partial charge < -0.3 is 5.32 Å². The zero-order valence-corrected chi connectivity index (χ0v) is 10.3. The minimum Gasteiger partial charge on any atom is -0.324 e. The van der Waals surface area contributed by atoms with Gasteiger partial charge >= 0.3 is 0 Å². The number of thiophene rings is 1. The van der Waals surface area contributed by atoms with Crippen LogP contribution in [0.3, 0.4) is 0 Å². The highest BCUT2D eigenvalue weighted by molar-refractivity contribution is 7.17. The molecule has 3 rings (SSSR count). The fourth-order valence-electron chi connectivity index (χ4n) is 1.68. The summed E-state index contributed by atoms with van der Waals surface area (Å²) in [6, 6.07) is 3.94. The van der Waals surface area contributed by atoms with Crippen LogP contribution in [-0.4, -0.2) is 20.2 Å². The van der Waals surface area contributed by atoms with Crippen LogP contribution in [0.25, 0.3) is 10.2 Å². The molecule has 0 bridgehead atoms. The third-order valence-electron chi connectivity index (χ3n) is 2.37. The number of nitrogens with one attached hydrogen (secondary N) is 2. The minimum atomic E-state index is 0.759. The van der Waals surface area contributed by atoms with Crippen molar-refractivity contribution in [3.8, 4) is 0 Å². The van der Waals surface area contributed by atoms with Crippen LogP contribution in [-0.2, 0) is 0 Å². The highest BCUT2D eigenvalue weighted by Crippen LogP contribution is 2.27. The molecule has 17 heavy (non-hydrogen) atoms. The van der Waals surface area contributed by atoms with Gasteiger partial charge in [0.1, 0.15) is 11.6 Å². The van der Waals surface area contributed by atoms with Crippen LogP contribution in [0.2, 0.25) is 0 Å². The van der Waals surface area contributed by atoms with Gasteiger partial charge in [0, 0.05) is 6.07 Å². The largest absolute Gasteiger partial charge is 0.324 e. The zero-order valence-electron chi connectivity index (χ0n) is 9.48. The summed E-state index contributed by atoms with van der Waals surface area (Å²) < 4.78 is 1.06. The molecule has 3 aromatic heterocycles. The lowest BCUT2D eigenvalue weighted by Gasteiger charge is -2.04. The van der Waals surface area contributed by atoms with Gasteiger partial charge in [-0.1, -0.05) is 0 Å². The Balaban J connectivity index is 2.07. The van der Waals surface area contributed by atoms with E-state index in [1.807, 2.05) is 31.4 Å². The van der Waals surface area contributed by atoms with E-state index in [0.29, 0.717) is 0 Å². The number of nitrogens with zero attached hydrogens (tertiary/aromatic N) is 3. The van der Waals surface area contributed by atoms with Crippen molar-refractivity contribution < 1.29 is 0 Å². The molecule has 0 spiro atoms. The molecule has 0 aromatic carbocycles. The number of rotatable bonds is 2. The first-order valence-electron chi connectivity index (χ1n) is 5.23. The molecule has 0 amide bonds. The molecule has 0 aliphatic heterocycles. The molecule has 0 aliphatic carbocycles. The second kappa shape index (κ2) is 3.81. The van der Waals surface area contributed by atoms with Gasteiger partial charge in [0.15, 0.2) is 5.82 Å². The van der Waals surface area contributed by atoms with Crippen LogP contribution in [0.4, 0.5) is 11.6 Å². The maximum absolute atomic E-state index is 4.42. The van der Waals surface area contributed by atoms with Crippen molar-refractivity contribution in [2.75, 3.05) is 5.32 Å². The number of aryl methyl sites for hydroxylation is 2. The molecule has 0 saturated heterocycles. The van der Waals surface area contributed by atoms with Gasteiger partial charge in [0.25, 0.3) is 0 Å². The Bertz CT molecular complexity index is 669. The Kier molecular flexibility index (Phi) is 2.29. The predicted octanol–water partition coefficient (Wildman–Crippen LogP) is 2.77. The third kappa shape index (κ3) is 1.87. The SMILES string of the molecule is Cc1cc(Nc2nc(C)nc3ccsc23)[nH]n1. The molecule has 3 aromatic rings. The first kappa shape index (κ1) is 10.2. The van der Waals surface area contributed by atoms with Gasteiger partial charge in [0.2, 0.25) is 0 Å². The number of H-pyrrole nitrogens is 1. The summed E-state index contributed by atoms with van der Waals surface area (Å²) in [6.45, 7) is 3.83. The highest BCUT2D eigenvalue weighted by atomic mass is 32.1. The smallest absolute Gasteiger partial charge is 0.153 e. The van der Waals surface area contributed by atoms with E-state index < -0.39 is 0 Å².